The molecule has 62 valence electrons. The van der Waals surface area contributed by atoms with Crippen molar-refractivity contribution in [3.8, 4) is 0 Å². The molecule has 0 fully saturated rings. The maximum absolute atomic E-state index is 10.9. The lowest BCUT2D eigenvalue weighted by Crippen LogP contribution is -2.13. The molecule has 5 nitrogen and oxygen atoms in total. The van der Waals surface area contributed by atoms with Gasteiger partial charge in [0.1, 0.15) is 0 Å². The number of nitrogens with two attached hydrogens (primary N) is 1. The molecule has 2 N–H and O–H groups in total. The van der Waals surface area contributed by atoms with Gasteiger partial charge >= 0.3 is 5.91 Å². The van der Waals surface area contributed by atoms with Gasteiger partial charge in [0.2, 0.25) is 5.76 Å². The summed E-state index contributed by atoms with van der Waals surface area (Å²) in [5.41, 5.74) is 4.96. The van der Waals surface area contributed by atoms with Crippen LogP contribution in [0.15, 0.2) is 21.7 Å². The van der Waals surface area contributed by atoms with Gasteiger partial charge in [-0.1, -0.05) is 0 Å². The van der Waals surface area contributed by atoms with Crippen molar-refractivity contribution in [2.45, 2.75) is 0 Å². The largest absolute Gasteiger partial charge is 0.458 e. The van der Waals surface area contributed by atoms with Crippen LogP contribution in [0.5, 0.6) is 0 Å². The number of hydrogen-bond acceptors (Lipinski definition) is 3. The zero-order valence-corrected chi connectivity index (χ0v) is 6.11. The monoisotopic (exact) mass is 166 g/mol. The van der Waals surface area contributed by atoms with Gasteiger partial charge in [-0.25, -0.2) is 4.99 Å². The average molecular weight is 166 g/mol. The van der Waals surface area contributed by atoms with Crippen molar-refractivity contribution in [2.24, 2.45) is 10.7 Å². The standard InChI is InChI=1S/C7H6N2O3/c1-9-7(11)5-4(6(8)10)2-3-12-5/h2-3H,1H2,(H2,8,10). The maximum atomic E-state index is 10.9. The second kappa shape index (κ2) is 3.00. The Morgan fingerprint density at radius 1 is 1.58 bits per heavy atom. The summed E-state index contributed by atoms with van der Waals surface area (Å²) in [5, 5.41) is 0. The van der Waals surface area contributed by atoms with E-state index in [-0.39, 0.29) is 11.3 Å². The fourth-order valence-corrected chi connectivity index (χ4v) is 0.741. The fraction of sp³-hybridized carbons (Fsp3) is 0. The highest BCUT2D eigenvalue weighted by Gasteiger charge is 2.17. The number of aliphatic imine (C=N–C) groups is 1. The molecule has 0 spiro atoms. The van der Waals surface area contributed by atoms with Gasteiger partial charge in [0, 0.05) is 0 Å². The summed E-state index contributed by atoms with van der Waals surface area (Å²) < 4.78 is 4.69. The van der Waals surface area contributed by atoms with Crippen molar-refractivity contribution in [3.63, 3.8) is 0 Å². The van der Waals surface area contributed by atoms with E-state index in [9.17, 15) is 9.59 Å². The summed E-state index contributed by atoms with van der Waals surface area (Å²) in [7, 11) is 0. The van der Waals surface area contributed by atoms with Gasteiger partial charge in [-0.2, -0.15) is 0 Å². The van der Waals surface area contributed by atoms with E-state index in [1.807, 2.05) is 0 Å². The minimum atomic E-state index is -0.726. The first-order valence-electron chi connectivity index (χ1n) is 3.05. The molecule has 2 amide bonds. The van der Waals surface area contributed by atoms with Gasteiger partial charge in [-0.15, -0.1) is 0 Å². The Kier molecular flexibility index (Phi) is 2.05. The van der Waals surface area contributed by atoms with Crippen LogP contribution in [0.1, 0.15) is 20.9 Å². The summed E-state index contributed by atoms with van der Waals surface area (Å²) in [5.74, 6) is -1.60. The third-order valence-electron chi connectivity index (χ3n) is 1.27. The fourth-order valence-electron chi connectivity index (χ4n) is 0.741. The number of amides is 2. The molecule has 1 heterocycles. The van der Waals surface area contributed by atoms with Crippen LogP contribution in [-0.4, -0.2) is 18.5 Å². The van der Waals surface area contributed by atoms with Crippen LogP contribution in [0.25, 0.3) is 0 Å². The second-order valence-electron chi connectivity index (χ2n) is 1.99. The molecule has 0 aliphatic heterocycles. The SMILES string of the molecule is C=NC(=O)c1occc1C(N)=O. The Morgan fingerprint density at radius 3 is 2.75 bits per heavy atom. The molecule has 0 atom stereocenters. The quantitative estimate of drug-likeness (QED) is 0.637. The third-order valence-corrected chi connectivity index (χ3v) is 1.27. The van der Waals surface area contributed by atoms with Crippen LogP contribution in [0.2, 0.25) is 0 Å². The van der Waals surface area contributed by atoms with Crippen molar-refractivity contribution >= 4 is 18.5 Å². The Bertz CT molecular complexity index is 340. The molecule has 0 aliphatic rings. The van der Waals surface area contributed by atoms with Crippen LogP contribution >= 0.6 is 0 Å². The average Bonchev–Trinajstić information content (AvgIpc) is 2.50. The molecule has 12 heavy (non-hydrogen) atoms. The highest BCUT2D eigenvalue weighted by Crippen LogP contribution is 2.10. The molecule has 0 radical (unpaired) electrons. The van der Waals surface area contributed by atoms with E-state index < -0.39 is 11.8 Å². The lowest BCUT2D eigenvalue weighted by molar-refractivity contribution is 0.0950. The molecule has 1 aromatic heterocycles. The first-order chi connectivity index (χ1) is 5.66. The highest BCUT2D eigenvalue weighted by molar-refractivity contribution is 6.05. The predicted molar refractivity (Wildman–Crippen MR) is 41.1 cm³/mol. The van der Waals surface area contributed by atoms with E-state index in [4.69, 9.17) is 10.2 Å². The zero-order chi connectivity index (χ0) is 9.14. The van der Waals surface area contributed by atoms with Crippen LogP contribution in [0.3, 0.4) is 0 Å². The predicted octanol–water partition coefficient (Wildman–Crippen LogP) is 0.219. The van der Waals surface area contributed by atoms with Crippen LogP contribution < -0.4 is 5.73 Å². The van der Waals surface area contributed by atoms with Gasteiger partial charge in [0.25, 0.3) is 5.91 Å². The van der Waals surface area contributed by atoms with Gasteiger partial charge in [-0.05, 0) is 12.8 Å². The number of carbonyl (C=O) groups is 2. The molecule has 1 rings (SSSR count). The minimum absolute atomic E-state index is 0.0207. The Balaban J connectivity index is 3.15. The molecule has 5 heteroatoms. The van der Waals surface area contributed by atoms with Gasteiger partial charge in [-0.3, -0.25) is 9.59 Å². The highest BCUT2D eigenvalue weighted by atomic mass is 16.3. The summed E-state index contributed by atoms with van der Waals surface area (Å²) in [6.07, 6.45) is 1.19. The van der Waals surface area contributed by atoms with Crippen LogP contribution in [0, 0.1) is 0 Å². The van der Waals surface area contributed by atoms with E-state index in [0.717, 1.165) is 0 Å². The molecule has 1 aromatic rings. The van der Waals surface area contributed by atoms with Crippen molar-refractivity contribution in [2.75, 3.05) is 0 Å². The van der Waals surface area contributed by atoms with Crippen molar-refractivity contribution < 1.29 is 14.0 Å². The number of rotatable bonds is 2. The normalized spacial score (nSPS) is 9.33. The zero-order valence-electron chi connectivity index (χ0n) is 6.11. The minimum Gasteiger partial charge on any atom is -0.458 e. The molecule has 0 bridgehead atoms. The molecule has 0 unspecified atom stereocenters. The Hall–Kier alpha value is -1.91. The molecular weight excluding hydrogens is 160 g/mol. The van der Waals surface area contributed by atoms with Gasteiger partial charge < -0.3 is 10.2 Å². The molecule has 0 saturated carbocycles. The number of furan rings is 1. The summed E-state index contributed by atoms with van der Waals surface area (Å²) in [6, 6.07) is 1.31. The molecule has 0 saturated heterocycles. The number of primary amides is 1. The van der Waals surface area contributed by atoms with Crippen molar-refractivity contribution in [1.82, 2.24) is 0 Å². The van der Waals surface area contributed by atoms with E-state index in [0.29, 0.717) is 0 Å². The molecule has 0 aromatic carbocycles. The van der Waals surface area contributed by atoms with E-state index in [2.05, 4.69) is 11.7 Å². The van der Waals surface area contributed by atoms with Crippen molar-refractivity contribution in [1.29, 1.82) is 0 Å². The van der Waals surface area contributed by atoms with E-state index >= 15 is 0 Å². The maximum Gasteiger partial charge on any atom is 0.312 e. The van der Waals surface area contributed by atoms with Crippen molar-refractivity contribution in [3.05, 3.63) is 23.7 Å². The lowest BCUT2D eigenvalue weighted by Gasteiger charge is -1.91. The number of carbonyl (C=O) groups excluding carboxylic acids is 2. The van der Waals surface area contributed by atoms with Crippen LogP contribution in [-0.2, 0) is 0 Å². The number of hydrogen-bond donors (Lipinski definition) is 1. The van der Waals surface area contributed by atoms with E-state index in [1.54, 1.807) is 0 Å². The smallest absolute Gasteiger partial charge is 0.312 e. The number of nitrogens with zero attached hydrogens (tertiary/aromatic N) is 1. The molecular formula is C7H6N2O3. The Morgan fingerprint density at radius 2 is 2.25 bits per heavy atom. The summed E-state index contributed by atoms with van der Waals surface area (Å²) in [6.45, 7) is 3.01. The van der Waals surface area contributed by atoms with E-state index in [1.165, 1.54) is 12.3 Å². The van der Waals surface area contributed by atoms with Gasteiger partial charge in [0.05, 0.1) is 11.8 Å². The summed E-state index contributed by atoms with van der Waals surface area (Å²) in [4.78, 5) is 24.6. The third kappa shape index (κ3) is 1.24. The first kappa shape index (κ1) is 8.19. The first-order valence-corrected chi connectivity index (χ1v) is 3.05. The van der Waals surface area contributed by atoms with Gasteiger partial charge in [0.15, 0.2) is 0 Å². The lowest BCUT2D eigenvalue weighted by atomic mass is 10.2. The molecule has 0 aliphatic carbocycles. The Labute approximate surface area is 67.9 Å². The summed E-state index contributed by atoms with van der Waals surface area (Å²) >= 11 is 0. The second-order valence-corrected chi connectivity index (χ2v) is 1.99. The van der Waals surface area contributed by atoms with Crippen LogP contribution in [0.4, 0.5) is 0 Å². The topological polar surface area (TPSA) is 85.7 Å².